The Morgan fingerprint density at radius 1 is 1.17 bits per heavy atom. The Hall–Kier alpha value is -2.59. The average Bonchev–Trinajstić information content (AvgIpc) is 3.48. The van der Waals surface area contributed by atoms with Crippen molar-refractivity contribution in [3.63, 3.8) is 0 Å². The van der Waals surface area contributed by atoms with Crippen LogP contribution < -0.4 is 5.32 Å². The van der Waals surface area contributed by atoms with Gasteiger partial charge in [-0.1, -0.05) is 30.3 Å². The number of nitrogens with one attached hydrogen (secondary N) is 1. The molecule has 9 heteroatoms. The maximum absolute atomic E-state index is 10.6. The van der Waals surface area contributed by atoms with Crippen LogP contribution in [0.15, 0.2) is 36.7 Å². The summed E-state index contributed by atoms with van der Waals surface area (Å²) < 4.78 is 12.7. The monoisotopic (exact) mass is 411 g/mol. The summed E-state index contributed by atoms with van der Waals surface area (Å²) in [5.41, 5.74) is 2.32. The lowest BCUT2D eigenvalue weighted by molar-refractivity contribution is -0.0580. The van der Waals surface area contributed by atoms with E-state index in [0.717, 1.165) is 24.2 Å². The lowest BCUT2D eigenvalue weighted by Gasteiger charge is -2.17. The molecule has 5 rings (SSSR count). The van der Waals surface area contributed by atoms with Crippen LogP contribution in [0.3, 0.4) is 0 Å². The summed E-state index contributed by atoms with van der Waals surface area (Å²) in [5, 5.41) is 24.3. The highest BCUT2D eigenvalue weighted by molar-refractivity contribution is 5.83. The Labute approximate surface area is 173 Å². The quantitative estimate of drug-likeness (QED) is 0.537. The summed E-state index contributed by atoms with van der Waals surface area (Å²) in [5.74, 6) is 1.77. The molecular weight excluding hydrogens is 386 g/mol. The maximum Gasteiger partial charge on any atom is 0.168 e. The minimum Gasteiger partial charge on any atom is -0.387 e. The van der Waals surface area contributed by atoms with E-state index in [0.29, 0.717) is 29.4 Å². The van der Waals surface area contributed by atoms with Crippen LogP contribution in [-0.4, -0.2) is 61.8 Å². The van der Waals surface area contributed by atoms with Gasteiger partial charge in [-0.3, -0.25) is 4.57 Å². The van der Waals surface area contributed by atoms with Gasteiger partial charge in [0.05, 0.1) is 12.9 Å². The number of methoxy groups -OCH3 is 1. The zero-order valence-corrected chi connectivity index (χ0v) is 16.7. The van der Waals surface area contributed by atoms with E-state index < -0.39 is 24.5 Å². The number of benzene rings is 1. The molecule has 3 aromatic rings. The van der Waals surface area contributed by atoms with Gasteiger partial charge >= 0.3 is 0 Å². The van der Waals surface area contributed by atoms with Crippen LogP contribution in [0.25, 0.3) is 11.2 Å². The topological polar surface area (TPSA) is 115 Å². The first-order valence-corrected chi connectivity index (χ1v) is 10.2. The van der Waals surface area contributed by atoms with Crippen LogP contribution in [0.4, 0.5) is 5.82 Å². The lowest BCUT2D eigenvalue weighted by Crippen LogP contribution is -2.33. The van der Waals surface area contributed by atoms with Gasteiger partial charge in [0.25, 0.3) is 0 Å². The number of nitrogens with zero attached hydrogens (tertiary/aromatic N) is 4. The van der Waals surface area contributed by atoms with E-state index in [1.807, 2.05) is 30.3 Å². The first-order valence-electron chi connectivity index (χ1n) is 10.2. The van der Waals surface area contributed by atoms with Crippen molar-refractivity contribution < 1.29 is 19.7 Å². The minimum atomic E-state index is -1.11. The van der Waals surface area contributed by atoms with Crippen LogP contribution in [0.5, 0.6) is 0 Å². The lowest BCUT2D eigenvalue weighted by atomic mass is 10.1. The van der Waals surface area contributed by atoms with Crippen LogP contribution in [0.2, 0.25) is 0 Å². The number of fused-ring (bicyclic) bond motifs is 1. The highest BCUT2D eigenvalue weighted by atomic mass is 16.6. The first-order chi connectivity index (χ1) is 14.7. The molecule has 2 aliphatic rings. The minimum absolute atomic E-state index is 0.188. The zero-order valence-electron chi connectivity index (χ0n) is 16.7. The van der Waals surface area contributed by atoms with E-state index in [4.69, 9.17) is 19.4 Å². The largest absolute Gasteiger partial charge is 0.387 e. The zero-order chi connectivity index (χ0) is 20.7. The molecule has 3 N–H and O–H groups in total. The molecule has 1 saturated carbocycles. The van der Waals surface area contributed by atoms with Gasteiger partial charge in [-0.05, 0) is 18.4 Å². The Bertz CT molecular complexity index is 1020. The fraction of sp³-hybridized carbons (Fsp3) is 0.476. The number of rotatable bonds is 7. The van der Waals surface area contributed by atoms with Gasteiger partial charge < -0.3 is 25.0 Å². The smallest absolute Gasteiger partial charge is 0.168 e. The Morgan fingerprint density at radius 2 is 1.97 bits per heavy atom. The van der Waals surface area contributed by atoms with Gasteiger partial charge in [-0.2, -0.15) is 0 Å². The van der Waals surface area contributed by atoms with Gasteiger partial charge in [-0.25, -0.2) is 15.0 Å². The van der Waals surface area contributed by atoms with Gasteiger partial charge in [0.15, 0.2) is 23.2 Å². The molecule has 1 aromatic carbocycles. The summed E-state index contributed by atoms with van der Waals surface area (Å²) in [6, 6.07) is 10.1. The fourth-order valence-corrected chi connectivity index (χ4v) is 3.81. The second-order valence-electron chi connectivity index (χ2n) is 7.87. The Balaban J connectivity index is 1.49. The third kappa shape index (κ3) is 3.54. The molecule has 1 saturated heterocycles. The van der Waals surface area contributed by atoms with E-state index in [9.17, 15) is 10.2 Å². The number of hydrogen-bond donors (Lipinski definition) is 3. The van der Waals surface area contributed by atoms with Gasteiger partial charge in [0.2, 0.25) is 0 Å². The molecular formula is C21H25N5O4. The molecule has 30 heavy (non-hydrogen) atoms. The number of ether oxygens (including phenoxy) is 2. The van der Waals surface area contributed by atoms with Crippen LogP contribution in [0, 0.1) is 0 Å². The third-order valence-corrected chi connectivity index (χ3v) is 5.63. The molecule has 1 aliphatic carbocycles. The number of hydrogen-bond acceptors (Lipinski definition) is 8. The molecule has 1 aliphatic heterocycles. The van der Waals surface area contributed by atoms with E-state index in [2.05, 4.69) is 10.3 Å². The summed E-state index contributed by atoms with van der Waals surface area (Å²) in [7, 11) is 1.53. The van der Waals surface area contributed by atoms with E-state index in [1.165, 1.54) is 7.11 Å². The van der Waals surface area contributed by atoms with Crippen molar-refractivity contribution in [1.29, 1.82) is 0 Å². The van der Waals surface area contributed by atoms with Crippen molar-refractivity contribution >= 4 is 17.0 Å². The van der Waals surface area contributed by atoms with E-state index >= 15 is 0 Å². The second-order valence-corrected chi connectivity index (χ2v) is 7.87. The molecule has 158 valence electrons. The normalized spacial score (nSPS) is 26.4. The molecule has 0 spiro atoms. The van der Waals surface area contributed by atoms with Crippen molar-refractivity contribution in [2.45, 2.75) is 49.8 Å². The van der Waals surface area contributed by atoms with Gasteiger partial charge in [-0.15, -0.1) is 0 Å². The van der Waals surface area contributed by atoms with Crippen molar-refractivity contribution in [1.82, 2.24) is 19.5 Å². The molecule has 0 radical (unpaired) electrons. The molecule has 3 heterocycles. The summed E-state index contributed by atoms with van der Waals surface area (Å²) in [6.07, 6.45) is 0.140. The predicted molar refractivity (Wildman–Crippen MR) is 109 cm³/mol. The van der Waals surface area contributed by atoms with Crippen LogP contribution in [0.1, 0.15) is 36.4 Å². The maximum atomic E-state index is 10.6. The number of anilines is 1. The predicted octanol–water partition coefficient (Wildman–Crippen LogP) is 1.58. The molecule has 9 nitrogen and oxygen atoms in total. The molecule has 2 fully saturated rings. The number of imidazole rings is 1. The standard InChI is InChI=1S/C21H25N5O4/c1-29-10-14-16(27)17(28)21(30-14)26-11-23-15-19(22-9-12-5-3-2-4-6-12)24-18(13-7-8-13)25-20(15)26/h2-6,11,13-14,16-17,21,27-28H,7-10H2,1H3,(H,22,24,25)/t14-,16-,17-,21-/m1/s1. The molecule has 0 bridgehead atoms. The summed E-state index contributed by atoms with van der Waals surface area (Å²) in [6.45, 7) is 0.800. The number of aliphatic hydroxyl groups excluding tert-OH is 2. The van der Waals surface area contributed by atoms with Crippen molar-refractivity contribution in [2.24, 2.45) is 0 Å². The van der Waals surface area contributed by atoms with E-state index in [-0.39, 0.29) is 6.61 Å². The second kappa shape index (κ2) is 7.92. The molecule has 4 atom stereocenters. The summed E-state index contributed by atoms with van der Waals surface area (Å²) in [4.78, 5) is 14.0. The highest BCUT2D eigenvalue weighted by Crippen LogP contribution is 2.40. The van der Waals surface area contributed by atoms with Crippen LogP contribution >= 0.6 is 0 Å². The van der Waals surface area contributed by atoms with Gasteiger partial charge in [0, 0.05) is 19.6 Å². The average molecular weight is 411 g/mol. The Morgan fingerprint density at radius 3 is 2.70 bits per heavy atom. The van der Waals surface area contributed by atoms with Crippen LogP contribution in [-0.2, 0) is 16.0 Å². The van der Waals surface area contributed by atoms with Gasteiger partial charge in [0.1, 0.15) is 24.1 Å². The molecule has 2 aromatic heterocycles. The number of aromatic nitrogens is 4. The first kappa shape index (κ1) is 19.4. The SMILES string of the molecule is COC[C@H]1O[C@@H](n2cnc3c(NCc4ccccc4)nc(C4CC4)nc32)[C@H](O)[C@@H]1O. The molecule has 0 amide bonds. The fourth-order valence-electron chi connectivity index (χ4n) is 3.81. The Kier molecular flexibility index (Phi) is 5.11. The highest BCUT2D eigenvalue weighted by Gasteiger charge is 2.44. The summed E-state index contributed by atoms with van der Waals surface area (Å²) >= 11 is 0. The third-order valence-electron chi connectivity index (χ3n) is 5.63. The van der Waals surface area contributed by atoms with E-state index in [1.54, 1.807) is 10.9 Å². The number of aliphatic hydroxyl groups is 2. The molecule has 0 unspecified atom stereocenters. The van der Waals surface area contributed by atoms with Crippen molar-refractivity contribution in [3.8, 4) is 0 Å². The van der Waals surface area contributed by atoms with Crippen molar-refractivity contribution in [3.05, 3.63) is 48.0 Å². The van der Waals surface area contributed by atoms with Crippen molar-refractivity contribution in [2.75, 3.05) is 19.0 Å².